The summed E-state index contributed by atoms with van der Waals surface area (Å²) in [4.78, 5) is 17.6. The lowest BCUT2D eigenvalue weighted by atomic mass is 9.99. The lowest BCUT2D eigenvalue weighted by molar-refractivity contribution is -0.555. The smallest absolute Gasteiger partial charge is 0.252 e. The Labute approximate surface area is 189 Å². The lowest BCUT2D eigenvalue weighted by Crippen LogP contribution is -2.72. The molecule has 3 rings (SSSR count). The number of aryl methyl sites for hydroxylation is 1. The van der Waals surface area contributed by atoms with Crippen molar-refractivity contribution in [3.05, 3.63) is 70.7 Å². The van der Waals surface area contributed by atoms with E-state index in [1.807, 2.05) is 44.4 Å². The van der Waals surface area contributed by atoms with Crippen molar-refractivity contribution in [2.24, 2.45) is 0 Å². The first-order chi connectivity index (χ1) is 15.2. The van der Waals surface area contributed by atoms with Gasteiger partial charge in [-0.05, 0) is 75.0 Å². The molecule has 0 saturated carbocycles. The zero-order valence-electron chi connectivity index (χ0n) is 19.4. The van der Waals surface area contributed by atoms with Gasteiger partial charge in [-0.25, -0.2) is 4.39 Å². The van der Waals surface area contributed by atoms with Crippen LogP contribution in [0.15, 0.2) is 42.6 Å². The van der Waals surface area contributed by atoms with Crippen LogP contribution in [-0.2, 0) is 0 Å². The number of hydrogen-bond donors (Lipinski definition) is 3. The van der Waals surface area contributed by atoms with E-state index in [-0.39, 0.29) is 11.9 Å². The van der Waals surface area contributed by atoms with Crippen molar-refractivity contribution in [2.75, 3.05) is 39.1 Å². The molecule has 6 nitrogen and oxygen atoms in total. The molecule has 1 amide bonds. The zero-order valence-corrected chi connectivity index (χ0v) is 19.4. The number of carbonyl (C=O) groups excluding carboxylic acids is 1. The largest absolute Gasteiger partial charge is 0.368 e. The number of hydrogen-bond acceptors (Lipinski definition) is 4. The maximum absolute atomic E-state index is 14.3. The maximum atomic E-state index is 14.3. The molecule has 0 aliphatic carbocycles. The Hall–Kier alpha value is -3.03. The topological polar surface area (TPSA) is 76.0 Å². The van der Waals surface area contributed by atoms with Crippen molar-refractivity contribution in [2.45, 2.75) is 25.9 Å². The fraction of sp³-hybridized carbons (Fsp3) is 0.360. The van der Waals surface area contributed by atoms with E-state index in [1.165, 1.54) is 18.3 Å². The molecule has 1 aliphatic heterocycles. The van der Waals surface area contributed by atoms with E-state index in [0.717, 1.165) is 24.3 Å². The van der Waals surface area contributed by atoms with Gasteiger partial charge in [0.25, 0.3) is 5.91 Å². The molecule has 0 unspecified atom stereocenters. The molecule has 1 atom stereocenters. The number of amides is 1. The van der Waals surface area contributed by atoms with Gasteiger partial charge < -0.3 is 25.8 Å². The molecule has 2 aromatic rings. The number of benzene rings is 2. The summed E-state index contributed by atoms with van der Waals surface area (Å²) in [5.41, 5.74) is 4.44. The third kappa shape index (κ3) is 5.23. The Morgan fingerprint density at radius 2 is 2.00 bits per heavy atom. The number of halogens is 1. The molecule has 1 heterocycles. The molecule has 4 N–H and O–H groups in total. The van der Waals surface area contributed by atoms with Gasteiger partial charge >= 0.3 is 0 Å². The number of anilines is 1. The number of nitrogens with one attached hydrogen (secondary N) is 2. The highest BCUT2D eigenvalue weighted by atomic mass is 19.1. The summed E-state index contributed by atoms with van der Waals surface area (Å²) in [6.45, 7) is 5.65. The van der Waals surface area contributed by atoms with Crippen molar-refractivity contribution < 1.29 is 14.5 Å². The first-order valence-electron chi connectivity index (χ1n) is 10.9. The van der Waals surface area contributed by atoms with E-state index in [9.17, 15) is 9.18 Å². The molecule has 0 aromatic heterocycles. The molecule has 170 valence electrons. The predicted molar refractivity (Wildman–Crippen MR) is 128 cm³/mol. The van der Waals surface area contributed by atoms with Crippen LogP contribution >= 0.6 is 0 Å². The third-order valence-corrected chi connectivity index (χ3v) is 6.03. The Bertz CT molecular complexity index is 1030. The van der Waals surface area contributed by atoms with Gasteiger partial charge in [0, 0.05) is 36.6 Å². The average Bonchev–Trinajstić information content (AvgIpc) is 2.71. The molecule has 32 heavy (non-hydrogen) atoms. The van der Waals surface area contributed by atoms with Crippen molar-refractivity contribution in [3.63, 3.8) is 0 Å². The second kappa shape index (κ2) is 10.1. The van der Waals surface area contributed by atoms with Crippen LogP contribution in [0.1, 0.15) is 40.0 Å². The third-order valence-electron chi connectivity index (χ3n) is 6.03. The summed E-state index contributed by atoms with van der Waals surface area (Å²) >= 11 is 0. The van der Waals surface area contributed by atoms with Crippen LogP contribution in [0.2, 0.25) is 0 Å². The lowest BCUT2D eigenvalue weighted by Gasteiger charge is -2.44. The first-order valence-corrected chi connectivity index (χ1v) is 10.9. The summed E-state index contributed by atoms with van der Waals surface area (Å²) in [6.07, 6.45) is 2.97. The number of carbonyl (C=O) groups is 1. The van der Waals surface area contributed by atoms with Crippen LogP contribution < -0.4 is 15.5 Å². The summed E-state index contributed by atoms with van der Waals surface area (Å²) in [5.74, 6) is -0.578. The van der Waals surface area contributed by atoms with E-state index in [0.29, 0.717) is 28.3 Å². The normalized spacial score (nSPS) is 15.5. The molecular formula is C25H33FN5O+. The van der Waals surface area contributed by atoms with Crippen molar-refractivity contribution in [1.82, 2.24) is 10.2 Å². The molecule has 7 heteroatoms. The van der Waals surface area contributed by atoms with Crippen molar-refractivity contribution in [3.8, 4) is 0 Å². The minimum atomic E-state index is -0.395. The van der Waals surface area contributed by atoms with Crippen LogP contribution in [-0.4, -0.2) is 57.3 Å². The number of allylic oxidation sites excluding steroid dienone is 1. The fourth-order valence-corrected chi connectivity index (χ4v) is 3.84. The van der Waals surface area contributed by atoms with Crippen LogP contribution in [0.3, 0.4) is 0 Å². The molecule has 2 aromatic carbocycles. The molecule has 1 saturated heterocycles. The van der Waals surface area contributed by atoms with Crippen LogP contribution in [0.4, 0.5) is 10.1 Å². The van der Waals surface area contributed by atoms with Gasteiger partial charge in [0.05, 0.1) is 18.7 Å². The van der Waals surface area contributed by atoms with Crippen molar-refractivity contribution >= 4 is 23.4 Å². The van der Waals surface area contributed by atoms with Gasteiger partial charge in [0.1, 0.15) is 12.0 Å². The molecular weight excluding hydrogens is 405 g/mol. The summed E-state index contributed by atoms with van der Waals surface area (Å²) < 4.78 is 14.3. The highest BCUT2D eigenvalue weighted by molar-refractivity contribution is 6.07. The van der Waals surface area contributed by atoms with E-state index in [4.69, 9.17) is 5.41 Å². The van der Waals surface area contributed by atoms with E-state index < -0.39 is 5.82 Å². The number of nitrogens with two attached hydrogens (primary N) is 1. The highest BCUT2D eigenvalue weighted by Gasteiger charge is 2.29. The Morgan fingerprint density at radius 3 is 2.62 bits per heavy atom. The minimum absolute atomic E-state index is 0.183. The molecule has 0 spiro atoms. The van der Waals surface area contributed by atoms with Crippen LogP contribution in [0.5, 0.6) is 0 Å². The number of quaternary nitrogens is 1. The van der Waals surface area contributed by atoms with Gasteiger partial charge in [-0.2, -0.15) is 0 Å². The second-order valence-corrected chi connectivity index (χ2v) is 8.59. The van der Waals surface area contributed by atoms with Gasteiger partial charge in [0.2, 0.25) is 0 Å². The van der Waals surface area contributed by atoms with E-state index >= 15 is 0 Å². The zero-order chi connectivity index (χ0) is 23.4. The minimum Gasteiger partial charge on any atom is -0.368 e. The van der Waals surface area contributed by atoms with E-state index in [2.05, 4.69) is 35.3 Å². The Kier molecular flexibility index (Phi) is 7.43. The highest BCUT2D eigenvalue weighted by Crippen LogP contribution is 2.26. The quantitative estimate of drug-likeness (QED) is 0.555. The van der Waals surface area contributed by atoms with Crippen molar-refractivity contribution in [1.29, 1.82) is 5.41 Å². The van der Waals surface area contributed by atoms with E-state index in [1.54, 1.807) is 6.20 Å². The first kappa shape index (κ1) is 23.6. The summed E-state index contributed by atoms with van der Waals surface area (Å²) in [6, 6.07) is 10.8. The van der Waals surface area contributed by atoms with Gasteiger partial charge in [-0.15, -0.1) is 0 Å². The molecule has 1 aliphatic rings. The number of rotatable bonds is 8. The van der Waals surface area contributed by atoms with Crippen LogP contribution in [0.25, 0.3) is 5.57 Å². The second-order valence-electron chi connectivity index (χ2n) is 8.59. The Morgan fingerprint density at radius 1 is 1.28 bits per heavy atom. The summed E-state index contributed by atoms with van der Waals surface area (Å²) in [5, 5.41) is 12.4. The molecule has 1 fully saturated rings. The van der Waals surface area contributed by atoms with Crippen LogP contribution in [0, 0.1) is 18.2 Å². The Balaban J connectivity index is 1.78. The fourth-order valence-electron chi connectivity index (χ4n) is 3.84. The maximum Gasteiger partial charge on any atom is 0.252 e. The predicted octanol–water partition coefficient (Wildman–Crippen LogP) is 2.56. The van der Waals surface area contributed by atoms with Gasteiger partial charge in [-0.3, -0.25) is 4.79 Å². The SMILES string of the molecule is C[NH2+]/C=C(\C=N)c1cc(F)cc([C@@H](C)NC(=O)c2cc(N3CC(N(C)C)C3)ccc2C)c1. The molecule has 0 radical (unpaired) electrons. The van der Waals surface area contributed by atoms with Gasteiger partial charge in [-0.1, -0.05) is 6.07 Å². The number of nitrogens with zero attached hydrogens (tertiary/aromatic N) is 2. The van der Waals surface area contributed by atoms with Gasteiger partial charge in [0.15, 0.2) is 0 Å². The standard InChI is InChI=1S/C25H32FN5O/c1-16-6-7-22(31-14-23(15-31)30(4)5)11-24(16)25(32)29-17(2)18-8-19(10-21(26)9-18)20(12-27)13-28-3/h6-13,17,23,27-28H,14-15H2,1-5H3,(H,29,32)/p+1/b20-13+,27-12?/t17-/m1/s1. The average molecular weight is 439 g/mol. The summed E-state index contributed by atoms with van der Waals surface area (Å²) in [7, 11) is 6.01. The number of likely N-dealkylation sites (N-methyl/N-ethyl adjacent to an activating group) is 1. The molecule has 0 bridgehead atoms. The monoisotopic (exact) mass is 438 g/mol.